The first-order valence-corrected chi connectivity index (χ1v) is 10.3. The molecule has 29 heavy (non-hydrogen) atoms. The van der Waals surface area contributed by atoms with E-state index in [-0.39, 0.29) is 5.56 Å². The lowest BCUT2D eigenvalue weighted by atomic mass is 9.91. The summed E-state index contributed by atoms with van der Waals surface area (Å²) in [6.45, 7) is 7.37. The lowest BCUT2D eigenvalue weighted by Gasteiger charge is -2.36. The molecule has 2 aromatic carbocycles. The fourth-order valence-electron chi connectivity index (χ4n) is 4.35. The Morgan fingerprint density at radius 3 is 2.48 bits per heavy atom. The highest BCUT2D eigenvalue weighted by molar-refractivity contribution is 5.80. The van der Waals surface area contributed by atoms with Gasteiger partial charge in [-0.3, -0.25) is 4.79 Å². The van der Waals surface area contributed by atoms with Gasteiger partial charge in [-0.1, -0.05) is 13.8 Å². The van der Waals surface area contributed by atoms with Crippen molar-refractivity contribution in [2.75, 3.05) is 30.4 Å². The molecule has 4 rings (SSSR count). The van der Waals surface area contributed by atoms with Gasteiger partial charge in [-0.15, -0.1) is 0 Å². The van der Waals surface area contributed by atoms with Crippen LogP contribution in [0.2, 0.25) is 0 Å². The summed E-state index contributed by atoms with van der Waals surface area (Å²) in [5.41, 5.74) is 3.73. The number of hydrogen-bond acceptors (Lipinski definition) is 4. The summed E-state index contributed by atoms with van der Waals surface area (Å²) < 4.78 is 5.28. The Balaban J connectivity index is 1.46. The fourth-order valence-corrected chi connectivity index (χ4v) is 4.35. The molecular formula is C24H29N3O2. The van der Waals surface area contributed by atoms with E-state index in [1.165, 1.54) is 12.1 Å². The van der Waals surface area contributed by atoms with Crippen molar-refractivity contribution in [3.05, 3.63) is 64.4 Å². The number of H-pyrrole nitrogens is 1. The molecule has 1 aromatic heterocycles. The molecule has 0 saturated carbocycles. The highest BCUT2D eigenvalue weighted by Gasteiger charge is 2.21. The van der Waals surface area contributed by atoms with Gasteiger partial charge in [0.1, 0.15) is 5.75 Å². The van der Waals surface area contributed by atoms with Crippen molar-refractivity contribution in [3.63, 3.8) is 0 Å². The second-order valence-electron chi connectivity index (χ2n) is 8.33. The van der Waals surface area contributed by atoms with Gasteiger partial charge in [0.25, 0.3) is 5.56 Å². The maximum Gasteiger partial charge on any atom is 0.253 e. The molecule has 0 spiro atoms. The minimum absolute atomic E-state index is 0.0666. The monoisotopic (exact) mass is 391 g/mol. The van der Waals surface area contributed by atoms with Crippen molar-refractivity contribution in [1.82, 2.24) is 4.98 Å². The van der Waals surface area contributed by atoms with Gasteiger partial charge < -0.3 is 19.9 Å². The topological polar surface area (TPSA) is 57.4 Å². The summed E-state index contributed by atoms with van der Waals surface area (Å²) >= 11 is 0. The van der Waals surface area contributed by atoms with Crippen LogP contribution in [-0.4, -0.2) is 25.2 Å². The van der Waals surface area contributed by atoms with E-state index in [2.05, 4.69) is 53.3 Å². The number of rotatable bonds is 5. The summed E-state index contributed by atoms with van der Waals surface area (Å²) in [6.07, 6.45) is 1.31. The fraction of sp³-hybridized carbons (Fsp3) is 0.375. The molecular weight excluding hydrogens is 362 g/mol. The normalized spacial score (nSPS) is 19.3. The molecule has 0 radical (unpaired) electrons. The van der Waals surface area contributed by atoms with Crippen LogP contribution in [-0.2, 0) is 6.54 Å². The number of pyridine rings is 1. The first kappa shape index (κ1) is 19.4. The number of anilines is 2. The molecule has 5 nitrogen and oxygen atoms in total. The van der Waals surface area contributed by atoms with Crippen LogP contribution in [0.4, 0.5) is 11.4 Å². The maximum atomic E-state index is 12.4. The number of hydrogen-bond donors (Lipinski definition) is 2. The quantitative estimate of drug-likeness (QED) is 0.666. The van der Waals surface area contributed by atoms with Crippen molar-refractivity contribution >= 4 is 22.3 Å². The van der Waals surface area contributed by atoms with Crippen LogP contribution in [0, 0.1) is 11.8 Å². The summed E-state index contributed by atoms with van der Waals surface area (Å²) in [6, 6.07) is 16.1. The van der Waals surface area contributed by atoms with Gasteiger partial charge in [0.15, 0.2) is 0 Å². The van der Waals surface area contributed by atoms with Crippen LogP contribution < -0.4 is 20.5 Å². The first-order valence-electron chi connectivity index (χ1n) is 10.3. The number of ether oxygens (including phenoxy) is 1. The highest BCUT2D eigenvalue weighted by atomic mass is 16.5. The molecule has 1 aliphatic heterocycles. The first-order chi connectivity index (χ1) is 14.0. The van der Waals surface area contributed by atoms with E-state index in [1.807, 2.05) is 24.3 Å². The molecule has 5 heteroatoms. The van der Waals surface area contributed by atoms with Gasteiger partial charge in [-0.2, -0.15) is 0 Å². The Kier molecular flexibility index (Phi) is 5.47. The Hall–Kier alpha value is -2.95. The van der Waals surface area contributed by atoms with Crippen molar-refractivity contribution in [1.29, 1.82) is 0 Å². The number of aromatic nitrogens is 1. The Morgan fingerprint density at radius 2 is 1.79 bits per heavy atom. The summed E-state index contributed by atoms with van der Waals surface area (Å²) in [5.74, 6) is 2.24. The average Bonchev–Trinajstić information content (AvgIpc) is 2.71. The molecule has 2 N–H and O–H groups in total. The molecule has 1 fully saturated rings. The minimum atomic E-state index is -0.0666. The predicted octanol–water partition coefficient (Wildman–Crippen LogP) is 4.63. The third-order valence-electron chi connectivity index (χ3n) is 5.71. The molecule has 0 unspecified atom stereocenters. The molecule has 2 atom stereocenters. The third kappa shape index (κ3) is 4.39. The third-order valence-corrected chi connectivity index (χ3v) is 5.71. The van der Waals surface area contributed by atoms with Crippen LogP contribution in [0.15, 0.2) is 53.3 Å². The zero-order valence-electron chi connectivity index (χ0n) is 17.4. The average molecular weight is 392 g/mol. The van der Waals surface area contributed by atoms with Crippen molar-refractivity contribution in [3.8, 4) is 5.75 Å². The van der Waals surface area contributed by atoms with Crippen LogP contribution in [0.25, 0.3) is 10.9 Å². The van der Waals surface area contributed by atoms with Gasteiger partial charge in [-0.25, -0.2) is 0 Å². The maximum absolute atomic E-state index is 12.4. The van der Waals surface area contributed by atoms with E-state index in [0.29, 0.717) is 12.1 Å². The largest absolute Gasteiger partial charge is 0.497 e. The molecule has 1 saturated heterocycles. The summed E-state index contributed by atoms with van der Waals surface area (Å²) in [5, 5.41) is 4.34. The van der Waals surface area contributed by atoms with Gasteiger partial charge in [-0.05, 0) is 66.8 Å². The van der Waals surface area contributed by atoms with E-state index in [1.54, 1.807) is 7.11 Å². The van der Waals surface area contributed by atoms with Gasteiger partial charge in [0.05, 0.1) is 7.11 Å². The van der Waals surface area contributed by atoms with Gasteiger partial charge in [0, 0.05) is 47.5 Å². The molecule has 2 heterocycles. The molecule has 3 aromatic rings. The summed E-state index contributed by atoms with van der Waals surface area (Å²) in [4.78, 5) is 17.8. The van der Waals surface area contributed by atoms with Crippen molar-refractivity contribution in [2.45, 2.75) is 26.8 Å². The zero-order valence-corrected chi connectivity index (χ0v) is 17.4. The number of aromatic amines is 1. The number of piperidine rings is 1. The number of nitrogens with zero attached hydrogens (tertiary/aromatic N) is 1. The minimum Gasteiger partial charge on any atom is -0.497 e. The number of methoxy groups -OCH3 is 1. The molecule has 1 aliphatic rings. The zero-order chi connectivity index (χ0) is 20.4. The van der Waals surface area contributed by atoms with Crippen LogP contribution in [0.1, 0.15) is 25.8 Å². The van der Waals surface area contributed by atoms with E-state index in [0.717, 1.165) is 47.3 Å². The van der Waals surface area contributed by atoms with Crippen molar-refractivity contribution in [2.24, 2.45) is 11.8 Å². The SMILES string of the molecule is COc1ccc2[nH]c(=O)c(CNc3ccc(N4C[C@@H](C)C[C@H](C)C4)cc3)cc2c1. The molecule has 0 aliphatic carbocycles. The van der Waals surface area contributed by atoms with E-state index in [4.69, 9.17) is 4.74 Å². The van der Waals surface area contributed by atoms with Crippen molar-refractivity contribution < 1.29 is 4.74 Å². The van der Waals surface area contributed by atoms with Gasteiger partial charge >= 0.3 is 0 Å². The number of benzene rings is 2. The molecule has 0 bridgehead atoms. The van der Waals surface area contributed by atoms with Gasteiger partial charge in [0.2, 0.25) is 0 Å². The number of fused-ring (bicyclic) bond motifs is 1. The van der Waals surface area contributed by atoms with Crippen LogP contribution in [0.3, 0.4) is 0 Å². The summed E-state index contributed by atoms with van der Waals surface area (Å²) in [7, 11) is 1.64. The smallest absolute Gasteiger partial charge is 0.253 e. The number of nitrogens with one attached hydrogen (secondary N) is 2. The second-order valence-corrected chi connectivity index (χ2v) is 8.33. The molecule has 0 amide bonds. The van der Waals surface area contributed by atoms with Crippen LogP contribution >= 0.6 is 0 Å². The predicted molar refractivity (Wildman–Crippen MR) is 120 cm³/mol. The Bertz CT molecular complexity index is 1030. The molecule has 152 valence electrons. The lowest BCUT2D eigenvalue weighted by molar-refractivity contribution is 0.357. The standard InChI is InChI=1S/C24H29N3O2/c1-16-10-17(2)15-27(14-16)21-6-4-20(5-7-21)25-13-19-11-18-12-22(29-3)8-9-23(18)26-24(19)28/h4-9,11-12,16-17,25H,10,13-15H2,1-3H3,(H,26,28)/t16-,17-/m0/s1. The van der Waals surface area contributed by atoms with E-state index in [9.17, 15) is 4.79 Å². The lowest BCUT2D eigenvalue weighted by Crippen LogP contribution is -2.38. The second kappa shape index (κ2) is 8.19. The van der Waals surface area contributed by atoms with Crippen LogP contribution in [0.5, 0.6) is 5.75 Å². The van der Waals surface area contributed by atoms with E-state index < -0.39 is 0 Å². The Labute approximate surface area is 171 Å². The van der Waals surface area contributed by atoms with E-state index >= 15 is 0 Å². The highest BCUT2D eigenvalue weighted by Crippen LogP contribution is 2.27. The Morgan fingerprint density at radius 1 is 1.07 bits per heavy atom.